The van der Waals surface area contributed by atoms with Crippen LogP contribution in [-0.2, 0) is 6.42 Å². The van der Waals surface area contributed by atoms with Gasteiger partial charge in [-0.3, -0.25) is 0 Å². The number of aryl methyl sites for hydroxylation is 1. The molecule has 0 amide bonds. The van der Waals surface area contributed by atoms with E-state index in [0.717, 1.165) is 73.7 Å². The van der Waals surface area contributed by atoms with Crippen LogP contribution in [-0.4, -0.2) is 69.7 Å². The number of hydrogen-bond acceptors (Lipinski definition) is 6. The number of nitrogens with zero attached hydrogens (tertiary/aromatic N) is 4. The van der Waals surface area contributed by atoms with Gasteiger partial charge in [0.15, 0.2) is 0 Å². The van der Waals surface area contributed by atoms with Crippen LogP contribution < -0.4 is 11.1 Å². The highest BCUT2D eigenvalue weighted by atomic mass is 79.9. The molecule has 9 N–H and O–H groups in total. The van der Waals surface area contributed by atoms with Gasteiger partial charge in [-0.05, 0) is 71.2 Å². The molecule has 1 fully saturated rings. The number of guanidine groups is 1. The fourth-order valence-electron chi connectivity index (χ4n) is 5.35. The summed E-state index contributed by atoms with van der Waals surface area (Å²) in [4.78, 5) is 17.3. The number of allylic oxidation sites excluding steroid dienone is 4. The first-order valence-electron chi connectivity index (χ1n) is 12.4. The van der Waals surface area contributed by atoms with Crippen LogP contribution >= 0.6 is 53.2 Å². The number of aliphatic imine (C=N–C) groups is 2. The lowest BCUT2D eigenvalue weighted by atomic mass is 9.79. The van der Waals surface area contributed by atoms with Gasteiger partial charge in [0.1, 0.15) is 4.60 Å². The molecule has 1 saturated heterocycles. The first-order valence-corrected chi connectivity index (χ1v) is 13.2. The highest BCUT2D eigenvalue weighted by Crippen LogP contribution is 2.40. The molecule has 39 heavy (non-hydrogen) atoms. The molecule has 0 saturated carbocycles. The summed E-state index contributed by atoms with van der Waals surface area (Å²) in [5.41, 5.74) is 12.3. The minimum Gasteiger partial charge on any atom is -0.412 e. The zero-order valence-corrected chi connectivity index (χ0v) is 26.5. The lowest BCUT2D eigenvalue weighted by Gasteiger charge is -2.34. The van der Waals surface area contributed by atoms with Crippen molar-refractivity contribution in [3.8, 4) is 0 Å². The molecule has 0 spiro atoms. The number of nitrogens with two attached hydrogens (primary N) is 1. The Bertz CT molecular complexity index is 1050. The molecule has 4 aliphatic rings. The molecule has 9 nitrogen and oxygen atoms in total. The molecular weight excluding hydrogens is 631 g/mol. The van der Waals surface area contributed by atoms with Crippen LogP contribution in [0, 0.1) is 5.92 Å². The van der Waals surface area contributed by atoms with E-state index in [4.69, 9.17) is 20.7 Å². The van der Waals surface area contributed by atoms with E-state index in [1.807, 2.05) is 0 Å². The van der Waals surface area contributed by atoms with E-state index in [-0.39, 0.29) is 59.7 Å². The second-order valence-corrected chi connectivity index (χ2v) is 11.0. The highest BCUT2D eigenvalue weighted by molar-refractivity contribution is 9.10. The molecular formula is C26H44BrCl3N6O3. The Morgan fingerprint density at radius 1 is 1.05 bits per heavy atom. The Morgan fingerprint density at radius 2 is 1.74 bits per heavy atom. The molecule has 13 heteroatoms. The second kappa shape index (κ2) is 17.7. The van der Waals surface area contributed by atoms with Gasteiger partial charge in [-0.2, -0.15) is 0 Å². The number of halogens is 4. The van der Waals surface area contributed by atoms with Crippen molar-refractivity contribution in [1.29, 1.82) is 0 Å². The van der Waals surface area contributed by atoms with Gasteiger partial charge in [-0.25, -0.2) is 15.0 Å². The lowest BCUT2D eigenvalue weighted by Crippen LogP contribution is -2.48. The molecule has 0 radical (unpaired) electrons. The van der Waals surface area contributed by atoms with Gasteiger partial charge in [0.25, 0.3) is 0 Å². The number of fused-ring (bicyclic) bond motifs is 2. The van der Waals surface area contributed by atoms with E-state index in [9.17, 15) is 0 Å². The average Bonchev–Trinajstić information content (AvgIpc) is 3.22. The summed E-state index contributed by atoms with van der Waals surface area (Å²) in [5.74, 6) is 1.60. The van der Waals surface area contributed by atoms with Gasteiger partial charge >= 0.3 is 0 Å². The maximum Gasteiger partial charge on any atom is 0.223 e. The van der Waals surface area contributed by atoms with Crippen LogP contribution in [0.5, 0.6) is 0 Å². The largest absolute Gasteiger partial charge is 0.412 e. The first-order chi connectivity index (χ1) is 16.0. The first kappa shape index (κ1) is 40.1. The number of hydrogen-bond donors (Lipinski definition) is 2. The van der Waals surface area contributed by atoms with Crippen molar-refractivity contribution in [3.63, 3.8) is 0 Å². The number of rotatable bonds is 5. The van der Waals surface area contributed by atoms with Crippen molar-refractivity contribution in [2.24, 2.45) is 21.6 Å². The molecule has 2 atom stereocenters. The van der Waals surface area contributed by atoms with E-state index in [0.29, 0.717) is 17.9 Å². The van der Waals surface area contributed by atoms with Crippen molar-refractivity contribution in [2.75, 3.05) is 19.6 Å². The van der Waals surface area contributed by atoms with Crippen molar-refractivity contribution >= 4 is 64.8 Å². The van der Waals surface area contributed by atoms with Gasteiger partial charge in [-0.1, -0.05) is 32.1 Å². The number of aromatic nitrogens is 1. The second-order valence-electron chi connectivity index (χ2n) is 10.2. The van der Waals surface area contributed by atoms with Crippen molar-refractivity contribution in [1.82, 2.24) is 15.2 Å². The summed E-state index contributed by atoms with van der Waals surface area (Å²) < 4.78 is 0.908. The SMILES string of the molecule is CC(C)C(N)CN1CCC(NC2=NC3=C(C4CCCc5ccc(Br)nc54)C=CCC3=N2)CC1.Cl.Cl.Cl.O.O.O. The third kappa shape index (κ3) is 9.21. The Morgan fingerprint density at radius 3 is 2.41 bits per heavy atom. The minimum atomic E-state index is 0. The molecule has 2 aliphatic heterocycles. The van der Waals surface area contributed by atoms with Gasteiger partial charge in [0.05, 0.1) is 17.1 Å². The van der Waals surface area contributed by atoms with E-state index < -0.39 is 0 Å². The molecule has 224 valence electrons. The molecule has 1 aromatic rings. The fraction of sp³-hybridized carbons (Fsp3) is 0.577. The van der Waals surface area contributed by atoms with Gasteiger partial charge in [-0.15, -0.1) is 37.2 Å². The number of nitrogens with one attached hydrogen (secondary N) is 1. The number of likely N-dealkylation sites (tertiary alicyclic amines) is 1. The van der Waals surface area contributed by atoms with Gasteiger partial charge in [0, 0.05) is 44.1 Å². The van der Waals surface area contributed by atoms with Crippen molar-refractivity contribution < 1.29 is 16.4 Å². The average molecular weight is 675 g/mol. The zero-order valence-electron chi connectivity index (χ0n) is 22.5. The van der Waals surface area contributed by atoms with E-state index in [1.54, 1.807) is 0 Å². The smallest absolute Gasteiger partial charge is 0.223 e. The van der Waals surface area contributed by atoms with Crippen LogP contribution in [0.25, 0.3) is 0 Å². The Kier molecular flexibility index (Phi) is 18.2. The lowest BCUT2D eigenvalue weighted by molar-refractivity contribution is 0.184. The highest BCUT2D eigenvalue weighted by Gasteiger charge is 2.31. The predicted octanol–water partition coefficient (Wildman–Crippen LogP) is 3.12. The van der Waals surface area contributed by atoms with E-state index in [2.05, 4.69) is 64.3 Å². The molecule has 1 aromatic heterocycles. The fourth-order valence-corrected chi connectivity index (χ4v) is 5.67. The number of piperidine rings is 1. The summed E-state index contributed by atoms with van der Waals surface area (Å²) in [6, 6.07) is 4.95. The summed E-state index contributed by atoms with van der Waals surface area (Å²) in [6.07, 6.45) is 11.0. The van der Waals surface area contributed by atoms with Crippen molar-refractivity contribution in [3.05, 3.63) is 51.4 Å². The normalized spacial score (nSPS) is 20.7. The Labute approximate surface area is 258 Å². The van der Waals surface area contributed by atoms with Crippen LogP contribution in [0.1, 0.15) is 63.1 Å². The zero-order chi connectivity index (χ0) is 22.9. The third-order valence-corrected chi connectivity index (χ3v) is 7.92. The Hall–Kier alpha value is -1.08. The van der Waals surface area contributed by atoms with Crippen molar-refractivity contribution in [2.45, 2.75) is 70.4 Å². The molecule has 2 aliphatic carbocycles. The molecule has 2 unspecified atom stereocenters. The third-order valence-electron chi connectivity index (χ3n) is 7.48. The van der Waals surface area contributed by atoms with Crippen LogP contribution in [0.15, 0.2) is 50.1 Å². The summed E-state index contributed by atoms with van der Waals surface area (Å²) in [6.45, 7) is 7.55. The van der Waals surface area contributed by atoms with Crippen LogP contribution in [0.3, 0.4) is 0 Å². The summed E-state index contributed by atoms with van der Waals surface area (Å²) in [5, 5.41) is 3.64. The van der Waals surface area contributed by atoms with Gasteiger partial charge < -0.3 is 32.4 Å². The molecule has 5 rings (SSSR count). The van der Waals surface area contributed by atoms with Crippen LogP contribution in [0.4, 0.5) is 0 Å². The van der Waals surface area contributed by atoms with Crippen LogP contribution in [0.2, 0.25) is 0 Å². The standard InChI is InChI=1S/C26H35BrN6.3ClH.3H2O/c1-16(2)21(28)15-33-13-11-18(12-14-33)29-26-30-22-8-4-7-20(25(22)32-26)19-6-3-5-17-9-10-23(27)31-24(17)19;;;;;;/h4,7,9-10,16,18-19,21H,3,5-6,8,11-15,28H2,1-2H3,(H,29,32);3*1H;3*1H2. The number of pyridine rings is 1. The van der Waals surface area contributed by atoms with Gasteiger partial charge in [0.2, 0.25) is 5.96 Å². The summed E-state index contributed by atoms with van der Waals surface area (Å²) >= 11 is 3.57. The predicted molar refractivity (Wildman–Crippen MR) is 171 cm³/mol. The minimum absolute atomic E-state index is 0. The molecule has 0 bridgehead atoms. The maximum absolute atomic E-state index is 6.28. The maximum atomic E-state index is 6.28. The van der Waals surface area contributed by atoms with E-state index >= 15 is 0 Å². The molecule has 0 aromatic carbocycles. The van der Waals surface area contributed by atoms with E-state index in [1.165, 1.54) is 23.3 Å². The molecule has 3 heterocycles. The topological polar surface area (TPSA) is 173 Å². The quantitative estimate of drug-likeness (QED) is 0.457. The monoisotopic (exact) mass is 672 g/mol. The Balaban J connectivity index is 0. The summed E-state index contributed by atoms with van der Waals surface area (Å²) in [7, 11) is 0.